The van der Waals surface area contributed by atoms with Crippen LogP contribution in [0.5, 0.6) is 5.75 Å². The van der Waals surface area contributed by atoms with Crippen molar-refractivity contribution < 1.29 is 9.53 Å². The van der Waals surface area contributed by atoms with Crippen LogP contribution in [0, 0.1) is 0 Å². The van der Waals surface area contributed by atoms with Gasteiger partial charge in [0.25, 0.3) is 0 Å². The molecule has 0 unspecified atom stereocenters. The summed E-state index contributed by atoms with van der Waals surface area (Å²) < 4.78 is 5.11. The Morgan fingerprint density at radius 2 is 1.77 bits per heavy atom. The molecule has 0 saturated carbocycles. The largest absolute Gasteiger partial charge is 0.497 e. The molecule has 0 radical (unpaired) electrons. The molecule has 3 rings (SSSR count). The van der Waals surface area contributed by atoms with E-state index >= 15 is 0 Å². The molecule has 0 aliphatic rings. The lowest BCUT2D eigenvalue weighted by Gasteiger charge is -2.12. The van der Waals surface area contributed by atoms with E-state index in [9.17, 15) is 4.79 Å². The Morgan fingerprint density at radius 3 is 2.35 bits per heavy atom. The van der Waals surface area contributed by atoms with Gasteiger partial charge in [-0.15, -0.1) is 0 Å². The summed E-state index contributed by atoms with van der Waals surface area (Å²) in [5.41, 5.74) is 8.49. The van der Waals surface area contributed by atoms with Crippen molar-refractivity contribution in [3.05, 3.63) is 59.0 Å². The number of methoxy groups -OCH3 is 1. The van der Waals surface area contributed by atoms with Gasteiger partial charge < -0.3 is 20.7 Å². The number of rotatable bonds is 6. The summed E-state index contributed by atoms with van der Waals surface area (Å²) in [6.45, 7) is 0. The predicted molar refractivity (Wildman–Crippen MR) is 107 cm³/mol. The highest BCUT2D eigenvalue weighted by molar-refractivity contribution is 7.18. The number of hydrogen-bond acceptors (Lipinski definition) is 7. The smallest absolute Gasteiger partial charge is 0.206 e. The van der Waals surface area contributed by atoms with E-state index in [0.29, 0.717) is 21.3 Å². The second-order valence-corrected chi connectivity index (χ2v) is 6.86. The van der Waals surface area contributed by atoms with Crippen LogP contribution in [-0.2, 0) is 0 Å². The molecule has 2 aromatic carbocycles. The number of ketones is 1. The summed E-state index contributed by atoms with van der Waals surface area (Å²) in [5, 5.41) is 3.77. The van der Waals surface area contributed by atoms with Gasteiger partial charge in [-0.2, -0.15) is 0 Å². The third-order valence-corrected chi connectivity index (χ3v) is 4.83. The molecule has 0 aliphatic carbocycles. The van der Waals surface area contributed by atoms with Gasteiger partial charge in [0.05, 0.1) is 7.11 Å². The Balaban J connectivity index is 1.78. The maximum atomic E-state index is 12.7. The number of ether oxygens (including phenoxy) is 1. The van der Waals surface area contributed by atoms with Gasteiger partial charge in [-0.1, -0.05) is 11.3 Å². The lowest BCUT2D eigenvalue weighted by atomic mass is 10.1. The van der Waals surface area contributed by atoms with Crippen molar-refractivity contribution in [3.8, 4) is 5.75 Å². The Kier molecular flexibility index (Phi) is 5.09. The molecule has 1 heterocycles. The normalized spacial score (nSPS) is 10.4. The first-order chi connectivity index (χ1) is 12.5. The molecular formula is C19H20N4O2S. The van der Waals surface area contributed by atoms with E-state index in [1.54, 1.807) is 31.4 Å². The molecule has 6 nitrogen and oxygen atoms in total. The fraction of sp³-hybridized carbons (Fsp3) is 0.158. The quantitative estimate of drug-likeness (QED) is 0.645. The molecule has 0 amide bonds. The number of thiazole rings is 1. The Hall–Kier alpha value is -3.06. The van der Waals surface area contributed by atoms with Gasteiger partial charge in [-0.25, -0.2) is 4.98 Å². The first kappa shape index (κ1) is 17.8. The van der Waals surface area contributed by atoms with Gasteiger partial charge in [-0.05, 0) is 48.5 Å². The van der Waals surface area contributed by atoms with E-state index in [2.05, 4.69) is 10.3 Å². The lowest BCUT2D eigenvalue weighted by molar-refractivity contribution is 0.104. The van der Waals surface area contributed by atoms with Crippen molar-refractivity contribution in [2.75, 3.05) is 37.2 Å². The van der Waals surface area contributed by atoms with Crippen molar-refractivity contribution in [1.29, 1.82) is 0 Å². The van der Waals surface area contributed by atoms with Gasteiger partial charge >= 0.3 is 0 Å². The zero-order valence-corrected chi connectivity index (χ0v) is 15.6. The van der Waals surface area contributed by atoms with E-state index < -0.39 is 0 Å². The molecule has 7 heteroatoms. The minimum Gasteiger partial charge on any atom is -0.497 e. The van der Waals surface area contributed by atoms with Crippen molar-refractivity contribution in [2.45, 2.75) is 0 Å². The third kappa shape index (κ3) is 3.78. The summed E-state index contributed by atoms with van der Waals surface area (Å²) in [6.07, 6.45) is 0. The zero-order valence-electron chi connectivity index (χ0n) is 14.8. The van der Waals surface area contributed by atoms with Crippen LogP contribution < -0.4 is 20.7 Å². The number of hydrogen-bond donors (Lipinski definition) is 2. The standard InChI is InChI=1S/C19H20N4O2S/c1-23(2)14-8-6-13(7-9-14)21-19-22-18(20)17(26-19)16(24)12-4-10-15(25-3)11-5-12/h4-11H,20H2,1-3H3,(H,21,22). The maximum absolute atomic E-state index is 12.7. The van der Waals surface area contributed by atoms with Crippen molar-refractivity contribution in [1.82, 2.24) is 4.98 Å². The Labute approximate surface area is 156 Å². The molecule has 0 bridgehead atoms. The molecule has 0 atom stereocenters. The number of carbonyl (C=O) groups is 1. The van der Waals surface area contributed by atoms with Gasteiger partial charge in [0.1, 0.15) is 16.4 Å². The highest BCUT2D eigenvalue weighted by atomic mass is 32.1. The van der Waals surface area contributed by atoms with Crippen LogP contribution >= 0.6 is 11.3 Å². The monoisotopic (exact) mass is 368 g/mol. The summed E-state index contributed by atoms with van der Waals surface area (Å²) >= 11 is 1.24. The molecule has 0 fully saturated rings. The minimum atomic E-state index is -0.154. The number of nitrogen functional groups attached to an aromatic ring is 1. The first-order valence-corrected chi connectivity index (χ1v) is 8.79. The maximum Gasteiger partial charge on any atom is 0.206 e. The molecule has 26 heavy (non-hydrogen) atoms. The highest BCUT2D eigenvalue weighted by Crippen LogP contribution is 2.30. The summed E-state index contributed by atoms with van der Waals surface area (Å²) in [6, 6.07) is 14.8. The van der Waals surface area contributed by atoms with E-state index in [0.717, 1.165) is 11.4 Å². The molecular weight excluding hydrogens is 348 g/mol. The molecule has 134 valence electrons. The van der Waals surface area contributed by atoms with Crippen LogP contribution in [0.15, 0.2) is 48.5 Å². The van der Waals surface area contributed by atoms with Crippen LogP contribution in [-0.4, -0.2) is 32.0 Å². The SMILES string of the molecule is COc1ccc(C(=O)c2sc(Nc3ccc(N(C)C)cc3)nc2N)cc1. The average molecular weight is 368 g/mol. The highest BCUT2D eigenvalue weighted by Gasteiger charge is 2.18. The van der Waals surface area contributed by atoms with Crippen LogP contribution in [0.25, 0.3) is 0 Å². The second kappa shape index (κ2) is 7.45. The van der Waals surface area contributed by atoms with Crippen LogP contribution in [0.4, 0.5) is 22.3 Å². The molecule has 3 aromatic rings. The molecule has 0 spiro atoms. The molecule has 0 saturated heterocycles. The third-order valence-electron chi connectivity index (χ3n) is 3.85. The van der Waals surface area contributed by atoms with Crippen LogP contribution in [0.1, 0.15) is 15.2 Å². The lowest BCUT2D eigenvalue weighted by Crippen LogP contribution is -2.08. The Morgan fingerprint density at radius 1 is 1.12 bits per heavy atom. The number of nitrogens with zero attached hydrogens (tertiary/aromatic N) is 2. The first-order valence-electron chi connectivity index (χ1n) is 7.97. The van der Waals surface area contributed by atoms with Crippen LogP contribution in [0.3, 0.4) is 0 Å². The van der Waals surface area contributed by atoms with Gasteiger partial charge in [0.2, 0.25) is 5.78 Å². The number of carbonyl (C=O) groups excluding carboxylic acids is 1. The molecule has 0 aliphatic heterocycles. The average Bonchev–Trinajstić information content (AvgIpc) is 3.01. The van der Waals surface area contributed by atoms with Crippen molar-refractivity contribution >= 4 is 39.4 Å². The zero-order chi connectivity index (χ0) is 18.7. The number of anilines is 4. The fourth-order valence-corrected chi connectivity index (χ4v) is 3.25. The van der Waals surface area contributed by atoms with E-state index in [4.69, 9.17) is 10.5 Å². The van der Waals surface area contributed by atoms with Gasteiger partial charge in [0, 0.05) is 31.0 Å². The second-order valence-electron chi connectivity index (χ2n) is 5.86. The van der Waals surface area contributed by atoms with Gasteiger partial charge in [0.15, 0.2) is 5.13 Å². The van der Waals surface area contributed by atoms with Gasteiger partial charge in [-0.3, -0.25) is 4.79 Å². The van der Waals surface area contributed by atoms with Crippen LogP contribution in [0.2, 0.25) is 0 Å². The van der Waals surface area contributed by atoms with Crippen molar-refractivity contribution in [2.24, 2.45) is 0 Å². The molecule has 3 N–H and O–H groups in total. The summed E-state index contributed by atoms with van der Waals surface area (Å²) in [4.78, 5) is 19.4. The summed E-state index contributed by atoms with van der Waals surface area (Å²) in [7, 11) is 5.56. The fourth-order valence-electron chi connectivity index (χ4n) is 2.39. The number of benzene rings is 2. The predicted octanol–water partition coefficient (Wildman–Crippen LogP) is 3.77. The topological polar surface area (TPSA) is 80.5 Å². The number of aromatic nitrogens is 1. The Bertz CT molecular complexity index is 902. The van der Waals surface area contributed by atoms with Crippen molar-refractivity contribution in [3.63, 3.8) is 0 Å². The minimum absolute atomic E-state index is 0.154. The van der Waals surface area contributed by atoms with E-state index in [1.807, 2.05) is 43.3 Å². The summed E-state index contributed by atoms with van der Waals surface area (Å²) in [5.74, 6) is 0.768. The van der Waals surface area contributed by atoms with E-state index in [-0.39, 0.29) is 11.6 Å². The number of nitrogens with two attached hydrogens (primary N) is 1. The number of nitrogens with one attached hydrogen (secondary N) is 1. The molecule has 1 aromatic heterocycles. The van der Waals surface area contributed by atoms with E-state index in [1.165, 1.54) is 11.3 Å².